The molecule has 0 saturated heterocycles. The molecule has 6 heterocycles. The second-order valence-corrected chi connectivity index (χ2v) is 30.4. The average Bonchev–Trinajstić information content (AvgIpc) is 1.54. The second kappa shape index (κ2) is 23.3. The van der Waals surface area contributed by atoms with Crippen molar-refractivity contribution in [2.45, 2.75) is 57.8 Å². The van der Waals surface area contributed by atoms with Crippen molar-refractivity contribution in [3.8, 4) is 79.7 Å². The first kappa shape index (κ1) is 58.0. The van der Waals surface area contributed by atoms with Gasteiger partial charge in [0.2, 0.25) is 23.6 Å². The van der Waals surface area contributed by atoms with Crippen LogP contribution >= 0.6 is 0 Å². The molecule has 1 aliphatic carbocycles. The highest BCUT2D eigenvalue weighted by Crippen LogP contribution is 2.58. The smallest absolute Gasteiger partial charge is 0.248 e. The topological polar surface area (TPSA) is 97.6 Å². The van der Waals surface area contributed by atoms with E-state index < -0.39 is 5.41 Å². The van der Waals surface area contributed by atoms with Gasteiger partial charge in [-0.3, -0.25) is 0 Å². The molecule has 0 saturated carbocycles. The molecule has 0 bridgehead atoms. The van der Waals surface area contributed by atoms with Gasteiger partial charge in [-0.2, -0.15) is 0 Å². The van der Waals surface area contributed by atoms with Gasteiger partial charge in [-0.1, -0.05) is 211 Å². The summed E-state index contributed by atoms with van der Waals surface area (Å²) in [4.78, 5) is 0. The maximum atomic E-state index is 9.18. The minimum atomic E-state index is -0.997. The molecular weight excluding hydrogens is 1310 g/mol. The summed E-state index contributed by atoms with van der Waals surface area (Å²) in [6.07, 6.45) is 0. The lowest BCUT2D eigenvalue weighted by atomic mass is 9.67. The summed E-state index contributed by atoms with van der Waals surface area (Å²) in [6, 6.07) is 103. The summed E-state index contributed by atoms with van der Waals surface area (Å²) in [6.45, 7) is 13.2. The molecule has 107 heavy (non-hydrogen) atoms. The van der Waals surface area contributed by atoms with Crippen LogP contribution < -0.4 is 0 Å². The maximum Gasteiger partial charge on any atom is 0.248 e. The summed E-state index contributed by atoms with van der Waals surface area (Å²) >= 11 is 0. The maximum absolute atomic E-state index is 9.18. The zero-order valence-electron chi connectivity index (χ0n) is 63.6. The van der Waals surface area contributed by atoms with Crippen LogP contribution in [0.1, 0.15) is 80.4 Å². The fraction of sp³-hybridized carbons (Fsp3) is 0.0928. The predicted octanol–water partition coefficient (Wildman–Crippen LogP) is 24.5. The zero-order valence-corrected chi connectivity index (χ0v) is 59.6. The summed E-state index contributed by atoms with van der Waals surface area (Å²) in [5, 5.41) is 26.4. The average molecular weight is 1380 g/mol. The van der Waals surface area contributed by atoms with Crippen molar-refractivity contribution in [2.75, 3.05) is 0 Å². The predicted molar refractivity (Wildman–Crippen MR) is 436 cm³/mol. The third-order valence-electron chi connectivity index (χ3n) is 22.3. The van der Waals surface area contributed by atoms with E-state index in [1.807, 2.05) is 84.9 Å². The van der Waals surface area contributed by atoms with Crippen LogP contribution in [0.2, 0.25) is 0 Å². The van der Waals surface area contributed by atoms with Crippen LogP contribution in [0.5, 0.6) is 0 Å². The molecule has 10 heteroatoms. The summed E-state index contributed by atoms with van der Waals surface area (Å²) < 4.78 is 58.7. The number of nitrogens with zero attached hydrogens (tertiary/aromatic N) is 8. The Morgan fingerprint density at radius 3 is 0.860 bits per heavy atom. The van der Waals surface area contributed by atoms with Gasteiger partial charge in [0.15, 0.2) is 0 Å². The summed E-state index contributed by atoms with van der Waals surface area (Å²) in [5.74, 6) is 1.67. The molecule has 0 fully saturated rings. The molecule has 0 spiro atoms. The standard InChI is InChI=1S/C97H70N8O2/c1-95(2,3)63-41-33-59(34-42-63)91-98-100-93(106-91)61-37-45-65(46-38-61)97(66-47-39-62(40-48-66)94-101-99-92(107-94)60-35-43-64(44-36-60)96(4,5)6)81-51-49-69(104-85-31-19-15-27-73(85)79-55-87-77(57-89(79)104)71-25-13-17-29-83(71)102(87)67-21-9-7-10-22-67)53-75(81)76-54-70(50-52-82(76)97)105-86-32-20-16-28-74(86)80-56-88-78(58-90(80)105)72-26-14-18-30-84(72)103(88)68-23-11-8-12-24-68/h7-58H,1-6H3/i13D,14D,15D,16D. The van der Waals surface area contributed by atoms with E-state index in [1.54, 1.807) is 0 Å². The van der Waals surface area contributed by atoms with E-state index in [2.05, 4.69) is 286 Å². The van der Waals surface area contributed by atoms with Crippen LogP contribution in [0.15, 0.2) is 324 Å². The zero-order chi connectivity index (χ0) is 75.1. The molecule has 0 atom stereocenters. The number of fused-ring (bicyclic) bond motifs is 15. The van der Waals surface area contributed by atoms with E-state index in [0.717, 1.165) is 166 Å². The van der Waals surface area contributed by atoms with Gasteiger partial charge in [-0.15, -0.1) is 20.4 Å². The number of hydrogen-bond donors (Lipinski definition) is 0. The highest BCUT2D eigenvalue weighted by atomic mass is 16.4. The van der Waals surface area contributed by atoms with Crippen molar-refractivity contribution in [1.82, 2.24) is 38.7 Å². The van der Waals surface area contributed by atoms with Gasteiger partial charge in [0.05, 0.1) is 55.0 Å². The molecule has 510 valence electrons. The monoisotopic (exact) mass is 1380 g/mol. The number of rotatable bonds is 10. The Morgan fingerprint density at radius 2 is 0.561 bits per heavy atom. The van der Waals surface area contributed by atoms with E-state index in [-0.39, 0.29) is 10.8 Å². The van der Waals surface area contributed by atoms with E-state index in [4.69, 9.17) is 11.6 Å². The Bertz CT molecular complexity index is 6800. The van der Waals surface area contributed by atoms with E-state index in [0.29, 0.717) is 47.7 Å². The largest absolute Gasteiger partial charge is 0.416 e. The number of para-hydroxylation sites is 6. The van der Waals surface area contributed by atoms with Gasteiger partial charge in [-0.25, -0.2) is 0 Å². The van der Waals surface area contributed by atoms with E-state index in [1.165, 1.54) is 11.1 Å². The summed E-state index contributed by atoms with van der Waals surface area (Å²) in [7, 11) is 0. The molecular formula is C97H70N8O2. The minimum absolute atomic E-state index is 0.0211. The number of aromatic nitrogens is 8. The molecule has 10 nitrogen and oxygen atoms in total. The molecule has 21 rings (SSSR count). The van der Waals surface area contributed by atoms with Gasteiger partial charge in [0.25, 0.3) is 0 Å². The molecule has 1 aliphatic rings. The van der Waals surface area contributed by atoms with Crippen molar-refractivity contribution >= 4 is 87.2 Å². The lowest BCUT2D eigenvalue weighted by Crippen LogP contribution is -2.28. The van der Waals surface area contributed by atoms with Gasteiger partial charge < -0.3 is 27.1 Å². The molecule has 0 amide bonds. The first-order valence-corrected chi connectivity index (χ1v) is 36.4. The van der Waals surface area contributed by atoms with Gasteiger partial charge in [0, 0.05) is 88.1 Å². The number of benzene rings is 14. The van der Waals surface area contributed by atoms with Gasteiger partial charge in [-0.05, 0) is 201 Å². The minimum Gasteiger partial charge on any atom is -0.416 e. The van der Waals surface area contributed by atoms with Crippen LogP contribution in [-0.4, -0.2) is 38.7 Å². The van der Waals surface area contributed by atoms with Gasteiger partial charge >= 0.3 is 0 Å². The van der Waals surface area contributed by atoms with E-state index >= 15 is 0 Å². The van der Waals surface area contributed by atoms with Gasteiger partial charge in [0.1, 0.15) is 0 Å². The third-order valence-corrected chi connectivity index (χ3v) is 22.3. The van der Waals surface area contributed by atoms with Crippen LogP contribution in [-0.2, 0) is 16.2 Å². The Hall–Kier alpha value is -13.4. The molecule has 6 aromatic heterocycles. The Morgan fingerprint density at radius 1 is 0.271 bits per heavy atom. The van der Waals surface area contributed by atoms with Crippen molar-refractivity contribution in [3.05, 3.63) is 349 Å². The highest BCUT2D eigenvalue weighted by Gasteiger charge is 2.47. The SMILES string of the molecule is [2H]c1ccc2c(c1)c1cc3c(cc1n2-c1ccccc1)c1cc([2H])ccc1n3-c1ccc2c(c1)-c1cc(-n3c4ccc([2H])cc4c4cc5c(cc43)c3cc([2H])ccc3n5-c3ccccc3)ccc1C2(c1ccc(-c2nnc(-c3ccc(C(C)(C)C)cc3)o2)cc1)c1ccc(-c2nnc(-c3ccc(C(C)(C)C)cc3)o2)cc1. The molecule has 14 aromatic carbocycles. The first-order chi connectivity index (χ1) is 53.9. The second-order valence-electron chi connectivity index (χ2n) is 30.4. The molecule has 20 aromatic rings. The number of hydrogen-bond acceptors (Lipinski definition) is 6. The Kier molecular flexibility index (Phi) is 12.6. The van der Waals surface area contributed by atoms with Crippen LogP contribution in [0.3, 0.4) is 0 Å². The fourth-order valence-electron chi connectivity index (χ4n) is 17.1. The molecule has 0 aliphatic heterocycles. The lowest BCUT2D eigenvalue weighted by molar-refractivity contribution is 0.582. The molecule has 0 unspecified atom stereocenters. The molecule has 0 N–H and O–H groups in total. The van der Waals surface area contributed by atoms with Crippen molar-refractivity contribution in [3.63, 3.8) is 0 Å². The van der Waals surface area contributed by atoms with Crippen LogP contribution in [0, 0.1) is 0 Å². The van der Waals surface area contributed by atoms with Crippen molar-refractivity contribution < 1.29 is 14.3 Å². The quantitative estimate of drug-likeness (QED) is 0.135. The highest BCUT2D eigenvalue weighted by molar-refractivity contribution is 6.21. The van der Waals surface area contributed by atoms with Crippen LogP contribution in [0.25, 0.3) is 167 Å². The summed E-state index contributed by atoms with van der Waals surface area (Å²) in [5.41, 5.74) is 22.4. The molecule has 0 radical (unpaired) electrons. The third kappa shape index (κ3) is 9.51. The fourth-order valence-corrected chi connectivity index (χ4v) is 17.1. The Labute approximate surface area is 622 Å². The van der Waals surface area contributed by atoms with Crippen molar-refractivity contribution in [2.24, 2.45) is 0 Å². The first-order valence-electron chi connectivity index (χ1n) is 38.4. The van der Waals surface area contributed by atoms with E-state index in [9.17, 15) is 2.74 Å². The van der Waals surface area contributed by atoms with Crippen molar-refractivity contribution in [1.29, 1.82) is 0 Å². The lowest BCUT2D eigenvalue weighted by Gasteiger charge is -2.34. The normalized spacial score (nSPS) is 13.6. The Balaban J connectivity index is 0.812. The van der Waals surface area contributed by atoms with Crippen LogP contribution in [0.4, 0.5) is 0 Å².